The van der Waals surface area contributed by atoms with Crippen molar-refractivity contribution in [2.24, 2.45) is 0 Å². The largest absolute Gasteiger partial charge is 0.507 e. The number of para-hydroxylation sites is 1. The zero-order valence-electron chi connectivity index (χ0n) is 8.89. The number of carbonyl (C=O) groups is 1. The summed E-state index contributed by atoms with van der Waals surface area (Å²) in [6, 6.07) is 6.23. The van der Waals surface area contributed by atoms with E-state index in [2.05, 4.69) is 6.58 Å². The van der Waals surface area contributed by atoms with Crippen LogP contribution in [0.2, 0.25) is 0 Å². The van der Waals surface area contributed by atoms with Gasteiger partial charge in [0, 0.05) is 0 Å². The smallest absolute Gasteiger partial charge is 0.341 e. The molecule has 86 valence electrons. The van der Waals surface area contributed by atoms with Crippen LogP contribution < -0.4 is 0 Å². The summed E-state index contributed by atoms with van der Waals surface area (Å²) in [4.78, 5) is 11.4. The van der Waals surface area contributed by atoms with E-state index in [4.69, 9.17) is 9.47 Å². The zero-order valence-corrected chi connectivity index (χ0v) is 8.89. The van der Waals surface area contributed by atoms with Gasteiger partial charge in [-0.15, -0.1) is 6.58 Å². The predicted molar refractivity (Wildman–Crippen MR) is 59.4 cm³/mol. The van der Waals surface area contributed by atoms with Crippen LogP contribution in [0.3, 0.4) is 0 Å². The van der Waals surface area contributed by atoms with Crippen molar-refractivity contribution in [2.45, 2.75) is 0 Å². The molecule has 0 aliphatic rings. The van der Waals surface area contributed by atoms with E-state index in [1.54, 1.807) is 18.2 Å². The molecule has 0 spiro atoms. The summed E-state index contributed by atoms with van der Waals surface area (Å²) in [5.41, 5.74) is 0.159. The van der Waals surface area contributed by atoms with E-state index in [9.17, 15) is 9.90 Å². The molecule has 0 saturated carbocycles. The number of phenolic OH excluding ortho intramolecular Hbond substituents is 1. The summed E-state index contributed by atoms with van der Waals surface area (Å²) in [5.74, 6) is -0.639. The minimum atomic E-state index is -0.555. The molecule has 1 N–H and O–H groups in total. The molecule has 0 fully saturated rings. The van der Waals surface area contributed by atoms with Crippen LogP contribution in [0.5, 0.6) is 5.75 Å². The van der Waals surface area contributed by atoms with Gasteiger partial charge in [0.1, 0.15) is 17.9 Å². The lowest BCUT2D eigenvalue weighted by molar-refractivity contribution is 0.0351. The molecule has 0 unspecified atom stereocenters. The highest BCUT2D eigenvalue weighted by molar-refractivity contribution is 5.92. The van der Waals surface area contributed by atoms with Gasteiger partial charge in [-0.1, -0.05) is 18.2 Å². The minimum Gasteiger partial charge on any atom is -0.507 e. The van der Waals surface area contributed by atoms with E-state index in [0.29, 0.717) is 13.2 Å². The number of rotatable bonds is 6. The van der Waals surface area contributed by atoms with Crippen molar-refractivity contribution < 1.29 is 19.4 Å². The lowest BCUT2D eigenvalue weighted by Crippen LogP contribution is -2.11. The molecule has 16 heavy (non-hydrogen) atoms. The molecule has 0 atom stereocenters. The summed E-state index contributed by atoms with van der Waals surface area (Å²) in [6.07, 6.45) is 1.62. The minimum absolute atomic E-state index is 0.0838. The average molecular weight is 222 g/mol. The Kier molecular flexibility index (Phi) is 5.08. The Morgan fingerprint density at radius 1 is 1.38 bits per heavy atom. The summed E-state index contributed by atoms with van der Waals surface area (Å²) in [7, 11) is 0. The maximum Gasteiger partial charge on any atom is 0.341 e. The van der Waals surface area contributed by atoms with Crippen LogP contribution in [0.1, 0.15) is 10.4 Å². The normalized spacial score (nSPS) is 9.75. The first kappa shape index (κ1) is 12.3. The molecule has 0 aliphatic carbocycles. The van der Waals surface area contributed by atoms with E-state index in [-0.39, 0.29) is 17.9 Å². The van der Waals surface area contributed by atoms with E-state index >= 15 is 0 Å². The van der Waals surface area contributed by atoms with Crippen molar-refractivity contribution in [3.05, 3.63) is 42.5 Å². The van der Waals surface area contributed by atoms with E-state index in [1.807, 2.05) is 0 Å². The zero-order chi connectivity index (χ0) is 11.8. The van der Waals surface area contributed by atoms with Gasteiger partial charge < -0.3 is 14.6 Å². The monoisotopic (exact) mass is 222 g/mol. The summed E-state index contributed by atoms with van der Waals surface area (Å²) < 4.78 is 9.94. The lowest BCUT2D eigenvalue weighted by atomic mass is 10.2. The number of hydrogen-bond donors (Lipinski definition) is 1. The first-order valence-corrected chi connectivity index (χ1v) is 4.89. The molecule has 1 rings (SSSR count). The van der Waals surface area contributed by atoms with Crippen LogP contribution in [0.25, 0.3) is 0 Å². The van der Waals surface area contributed by atoms with Crippen LogP contribution in [0.4, 0.5) is 0 Å². The van der Waals surface area contributed by atoms with Crippen molar-refractivity contribution >= 4 is 5.97 Å². The molecule has 0 heterocycles. The number of hydrogen-bond acceptors (Lipinski definition) is 4. The fraction of sp³-hybridized carbons (Fsp3) is 0.250. The Bertz CT molecular complexity index is 360. The highest BCUT2D eigenvalue weighted by Gasteiger charge is 2.10. The fourth-order valence-electron chi connectivity index (χ4n) is 1.08. The van der Waals surface area contributed by atoms with Crippen molar-refractivity contribution in [3.8, 4) is 5.75 Å². The van der Waals surface area contributed by atoms with Gasteiger partial charge in [0.2, 0.25) is 0 Å². The number of esters is 1. The highest BCUT2D eigenvalue weighted by Crippen LogP contribution is 2.16. The van der Waals surface area contributed by atoms with Gasteiger partial charge in [-0.3, -0.25) is 0 Å². The first-order chi connectivity index (χ1) is 7.75. The van der Waals surface area contributed by atoms with Gasteiger partial charge in [-0.25, -0.2) is 4.79 Å². The van der Waals surface area contributed by atoms with Crippen LogP contribution in [-0.4, -0.2) is 30.9 Å². The summed E-state index contributed by atoms with van der Waals surface area (Å²) in [5, 5.41) is 9.38. The van der Waals surface area contributed by atoms with Crippen LogP contribution >= 0.6 is 0 Å². The third kappa shape index (κ3) is 3.74. The third-order valence-corrected chi connectivity index (χ3v) is 1.82. The van der Waals surface area contributed by atoms with Gasteiger partial charge in [0.15, 0.2) is 0 Å². The standard InChI is InChI=1S/C12H14O4/c1-2-7-15-8-9-16-12(14)10-5-3-4-6-11(10)13/h2-6,13H,1,7-9H2. The van der Waals surface area contributed by atoms with Crippen molar-refractivity contribution in [1.82, 2.24) is 0 Å². The van der Waals surface area contributed by atoms with Crippen LogP contribution in [0, 0.1) is 0 Å². The molecule has 0 aromatic heterocycles. The average Bonchev–Trinajstić information content (AvgIpc) is 2.29. The van der Waals surface area contributed by atoms with Crippen molar-refractivity contribution in [3.63, 3.8) is 0 Å². The number of phenols is 1. The molecule has 1 aromatic carbocycles. The highest BCUT2D eigenvalue weighted by atomic mass is 16.6. The van der Waals surface area contributed by atoms with Gasteiger partial charge in [-0.05, 0) is 12.1 Å². The predicted octanol–water partition coefficient (Wildman–Crippen LogP) is 1.75. The molecule has 0 aliphatic heterocycles. The Labute approximate surface area is 94.1 Å². The molecule has 1 aromatic rings. The topological polar surface area (TPSA) is 55.8 Å². The Morgan fingerprint density at radius 2 is 2.12 bits per heavy atom. The molecular formula is C12H14O4. The molecule has 0 amide bonds. The Morgan fingerprint density at radius 3 is 2.81 bits per heavy atom. The van der Waals surface area contributed by atoms with Gasteiger partial charge >= 0.3 is 5.97 Å². The number of aromatic hydroxyl groups is 1. The maximum absolute atomic E-state index is 11.4. The van der Waals surface area contributed by atoms with Crippen molar-refractivity contribution in [1.29, 1.82) is 0 Å². The molecule has 0 radical (unpaired) electrons. The van der Waals surface area contributed by atoms with E-state index in [0.717, 1.165) is 0 Å². The van der Waals surface area contributed by atoms with Crippen molar-refractivity contribution in [2.75, 3.05) is 19.8 Å². The van der Waals surface area contributed by atoms with Gasteiger partial charge in [0.05, 0.1) is 13.2 Å². The molecule has 0 bridgehead atoms. The molecule has 4 nitrogen and oxygen atoms in total. The van der Waals surface area contributed by atoms with E-state index < -0.39 is 5.97 Å². The number of ether oxygens (including phenoxy) is 2. The van der Waals surface area contributed by atoms with Gasteiger partial charge in [-0.2, -0.15) is 0 Å². The lowest BCUT2D eigenvalue weighted by Gasteiger charge is -2.05. The second-order valence-corrected chi connectivity index (χ2v) is 3.02. The van der Waals surface area contributed by atoms with Crippen LogP contribution in [-0.2, 0) is 9.47 Å². The summed E-state index contributed by atoms with van der Waals surface area (Å²) >= 11 is 0. The van der Waals surface area contributed by atoms with Gasteiger partial charge in [0.25, 0.3) is 0 Å². The number of carbonyl (C=O) groups excluding carboxylic acids is 1. The third-order valence-electron chi connectivity index (χ3n) is 1.82. The Hall–Kier alpha value is -1.81. The Balaban J connectivity index is 2.36. The second kappa shape index (κ2) is 6.63. The van der Waals surface area contributed by atoms with E-state index in [1.165, 1.54) is 12.1 Å². The fourth-order valence-corrected chi connectivity index (χ4v) is 1.08. The molecule has 4 heteroatoms. The molecule has 0 saturated heterocycles. The quantitative estimate of drug-likeness (QED) is 0.452. The first-order valence-electron chi connectivity index (χ1n) is 4.89. The molecular weight excluding hydrogens is 208 g/mol. The summed E-state index contributed by atoms with van der Waals surface area (Å²) in [6.45, 7) is 4.38. The number of benzene rings is 1. The maximum atomic E-state index is 11.4. The SMILES string of the molecule is C=CCOCCOC(=O)c1ccccc1O. The second-order valence-electron chi connectivity index (χ2n) is 3.02. The van der Waals surface area contributed by atoms with Crippen LogP contribution in [0.15, 0.2) is 36.9 Å².